The van der Waals surface area contributed by atoms with Gasteiger partial charge in [-0.15, -0.1) is 0 Å². The summed E-state index contributed by atoms with van der Waals surface area (Å²) in [6.45, 7) is 3.60. The molecule has 29 heavy (non-hydrogen) atoms. The van der Waals surface area contributed by atoms with E-state index < -0.39 is 0 Å². The second-order valence-electron chi connectivity index (χ2n) is 6.88. The van der Waals surface area contributed by atoms with Gasteiger partial charge in [-0.2, -0.15) is 5.10 Å². The molecule has 1 atom stereocenters. The lowest BCUT2D eigenvalue weighted by Gasteiger charge is -2.12. The average Bonchev–Trinajstić information content (AvgIpc) is 2.75. The molecule has 6 heteroatoms. The van der Waals surface area contributed by atoms with Gasteiger partial charge in [0.2, 0.25) is 0 Å². The lowest BCUT2D eigenvalue weighted by molar-refractivity contribution is 0.625. The monoisotopic (exact) mass is 388 g/mol. The first-order valence-electron chi connectivity index (χ1n) is 9.95. The van der Waals surface area contributed by atoms with Gasteiger partial charge in [-0.05, 0) is 30.0 Å². The first-order chi connectivity index (χ1) is 14.2. The summed E-state index contributed by atoms with van der Waals surface area (Å²) in [5, 5.41) is 8.12. The van der Waals surface area contributed by atoms with E-state index in [0.29, 0.717) is 12.5 Å². The molecular formula is C23H28N6. The minimum Gasteiger partial charge on any atom is -0.368 e. The van der Waals surface area contributed by atoms with Crippen molar-refractivity contribution in [2.24, 2.45) is 10.9 Å². The van der Waals surface area contributed by atoms with Crippen molar-refractivity contribution in [1.82, 2.24) is 19.7 Å². The number of hydrogen-bond acceptors (Lipinski definition) is 5. The van der Waals surface area contributed by atoms with E-state index in [0.717, 1.165) is 36.4 Å². The molecule has 6 nitrogen and oxygen atoms in total. The Hall–Kier alpha value is -3.28. The van der Waals surface area contributed by atoms with E-state index in [9.17, 15) is 0 Å². The molecule has 0 saturated heterocycles. The highest BCUT2D eigenvalue weighted by Crippen LogP contribution is 2.10. The highest BCUT2D eigenvalue weighted by Gasteiger charge is 2.03. The molecule has 2 aromatic rings. The van der Waals surface area contributed by atoms with Crippen LogP contribution in [0.25, 0.3) is 0 Å². The Balaban J connectivity index is 1.72. The minimum absolute atomic E-state index is 0.392. The molecule has 0 spiro atoms. The second kappa shape index (κ2) is 10.9. The van der Waals surface area contributed by atoms with Gasteiger partial charge in [0.25, 0.3) is 0 Å². The third-order valence-electron chi connectivity index (χ3n) is 4.54. The summed E-state index contributed by atoms with van der Waals surface area (Å²) < 4.78 is 1.94. The lowest BCUT2D eigenvalue weighted by Crippen LogP contribution is -2.25. The standard InChI is InChI=1S/C23H28N6/c1-19-7-5-3-4-6-8-20(10-9-19)18-29-23(24-2)12-11-22(28-29)27-14-13-21-17-25-15-16-26-21/h3-5,7-12,15-17,19H,6,13-14,18H2,1-2H3,(H,27,28)/b4-3-,7-5-,10-9-,20-8+,24-23?. The molecule has 0 bridgehead atoms. The van der Waals surface area contributed by atoms with Crippen LogP contribution in [0.3, 0.4) is 0 Å². The van der Waals surface area contributed by atoms with Crippen LogP contribution >= 0.6 is 0 Å². The van der Waals surface area contributed by atoms with E-state index in [2.05, 4.69) is 69.7 Å². The van der Waals surface area contributed by atoms with Crippen molar-refractivity contribution in [1.29, 1.82) is 0 Å². The zero-order chi connectivity index (χ0) is 20.3. The summed E-state index contributed by atoms with van der Waals surface area (Å²) in [6.07, 6.45) is 22.1. The number of nitrogens with zero attached hydrogens (tertiary/aromatic N) is 5. The van der Waals surface area contributed by atoms with Gasteiger partial charge in [-0.1, -0.05) is 49.5 Å². The van der Waals surface area contributed by atoms with E-state index >= 15 is 0 Å². The molecule has 1 unspecified atom stereocenters. The summed E-state index contributed by atoms with van der Waals surface area (Å²) in [6, 6.07) is 3.95. The number of aromatic nitrogens is 4. The van der Waals surface area contributed by atoms with Crippen LogP contribution in [-0.4, -0.2) is 33.3 Å². The van der Waals surface area contributed by atoms with Gasteiger partial charge in [-0.25, -0.2) is 4.68 Å². The summed E-state index contributed by atoms with van der Waals surface area (Å²) in [7, 11) is 1.79. The van der Waals surface area contributed by atoms with E-state index in [4.69, 9.17) is 5.10 Å². The Bertz CT molecular complexity index is 966. The van der Waals surface area contributed by atoms with Gasteiger partial charge >= 0.3 is 0 Å². The van der Waals surface area contributed by atoms with Crippen molar-refractivity contribution < 1.29 is 0 Å². The van der Waals surface area contributed by atoms with Crippen LogP contribution in [0.15, 0.2) is 83.8 Å². The minimum atomic E-state index is 0.392. The van der Waals surface area contributed by atoms with Gasteiger partial charge in [0, 0.05) is 38.6 Å². The van der Waals surface area contributed by atoms with Gasteiger partial charge in [0.05, 0.1) is 12.2 Å². The predicted molar refractivity (Wildman–Crippen MR) is 117 cm³/mol. The van der Waals surface area contributed by atoms with E-state index in [-0.39, 0.29) is 0 Å². The topological polar surface area (TPSA) is 68.0 Å². The van der Waals surface area contributed by atoms with E-state index in [1.54, 1.807) is 25.6 Å². The van der Waals surface area contributed by atoms with Crippen LogP contribution in [0.4, 0.5) is 5.82 Å². The summed E-state index contributed by atoms with van der Waals surface area (Å²) in [5.74, 6) is 1.21. The molecule has 1 aliphatic carbocycles. The zero-order valence-corrected chi connectivity index (χ0v) is 17.1. The fourth-order valence-electron chi connectivity index (χ4n) is 2.95. The molecule has 0 fully saturated rings. The molecule has 0 aliphatic heterocycles. The number of allylic oxidation sites excluding steroid dienone is 8. The Morgan fingerprint density at radius 3 is 2.97 bits per heavy atom. The van der Waals surface area contributed by atoms with E-state index in [1.165, 1.54) is 5.57 Å². The summed E-state index contributed by atoms with van der Waals surface area (Å²) in [4.78, 5) is 12.8. The lowest BCUT2D eigenvalue weighted by atomic mass is 10.1. The largest absolute Gasteiger partial charge is 0.368 e. The van der Waals surface area contributed by atoms with Gasteiger partial charge < -0.3 is 5.32 Å². The number of rotatable bonds is 6. The highest BCUT2D eigenvalue weighted by molar-refractivity contribution is 5.32. The van der Waals surface area contributed by atoms with Crippen molar-refractivity contribution in [3.63, 3.8) is 0 Å². The molecule has 2 heterocycles. The van der Waals surface area contributed by atoms with Crippen molar-refractivity contribution in [3.05, 3.63) is 90.0 Å². The number of anilines is 1. The number of nitrogens with one attached hydrogen (secondary N) is 1. The van der Waals surface area contributed by atoms with Gasteiger partial charge in [-0.3, -0.25) is 15.0 Å². The third kappa shape index (κ3) is 6.68. The van der Waals surface area contributed by atoms with Crippen molar-refractivity contribution in [3.8, 4) is 0 Å². The maximum absolute atomic E-state index is 4.75. The molecular weight excluding hydrogens is 360 g/mol. The Morgan fingerprint density at radius 2 is 2.14 bits per heavy atom. The van der Waals surface area contributed by atoms with Crippen LogP contribution < -0.4 is 10.8 Å². The maximum Gasteiger partial charge on any atom is 0.146 e. The molecule has 0 saturated carbocycles. The molecule has 1 N–H and O–H groups in total. The molecule has 150 valence electrons. The van der Waals surface area contributed by atoms with Crippen molar-refractivity contribution >= 4 is 5.82 Å². The van der Waals surface area contributed by atoms with Gasteiger partial charge in [0.1, 0.15) is 11.3 Å². The molecule has 3 rings (SSSR count). The third-order valence-corrected chi connectivity index (χ3v) is 4.54. The average molecular weight is 389 g/mol. The molecule has 0 radical (unpaired) electrons. The quantitative estimate of drug-likeness (QED) is 0.822. The molecule has 0 amide bonds. The van der Waals surface area contributed by atoms with Crippen molar-refractivity contribution in [2.45, 2.75) is 26.3 Å². The van der Waals surface area contributed by atoms with Crippen molar-refractivity contribution in [2.75, 3.05) is 18.9 Å². The van der Waals surface area contributed by atoms with Crippen LogP contribution in [0.1, 0.15) is 19.0 Å². The smallest absolute Gasteiger partial charge is 0.146 e. The molecule has 0 aromatic carbocycles. The van der Waals surface area contributed by atoms with Crippen LogP contribution in [0, 0.1) is 5.92 Å². The fraction of sp³-hybridized carbons (Fsp3) is 0.304. The zero-order valence-electron chi connectivity index (χ0n) is 17.1. The maximum atomic E-state index is 4.75. The fourth-order valence-corrected chi connectivity index (χ4v) is 2.95. The van der Waals surface area contributed by atoms with Crippen LogP contribution in [0.5, 0.6) is 0 Å². The van der Waals surface area contributed by atoms with Crippen LogP contribution in [-0.2, 0) is 13.0 Å². The highest BCUT2D eigenvalue weighted by atomic mass is 15.3. The predicted octanol–water partition coefficient (Wildman–Crippen LogP) is 3.49. The second-order valence-corrected chi connectivity index (χ2v) is 6.88. The first kappa shape index (κ1) is 20.5. The summed E-state index contributed by atoms with van der Waals surface area (Å²) in [5.41, 5.74) is 3.02. The van der Waals surface area contributed by atoms with Gasteiger partial charge in [0.15, 0.2) is 0 Å². The Morgan fingerprint density at radius 1 is 1.21 bits per heavy atom. The number of hydrogen-bond donors (Lipinski definition) is 1. The Labute approximate surface area is 172 Å². The summed E-state index contributed by atoms with van der Waals surface area (Å²) >= 11 is 0. The first-order valence-corrected chi connectivity index (χ1v) is 9.95. The normalized spacial score (nSPS) is 22.3. The molecule has 1 aliphatic rings. The SMILES string of the molecule is CN=c1ccc(NCCc2cnccn2)nn1CC1=C/C/C=C\C=C/C(C)/C=C\1. The molecule has 2 aromatic heterocycles. The van der Waals surface area contributed by atoms with E-state index in [1.807, 2.05) is 16.8 Å². The Kier molecular flexibility index (Phi) is 7.69. The van der Waals surface area contributed by atoms with Crippen LogP contribution in [0.2, 0.25) is 0 Å².